The highest BCUT2D eigenvalue weighted by Gasteiger charge is 2.20. The molecule has 20 heavy (non-hydrogen) atoms. The molecule has 106 valence electrons. The van der Waals surface area contributed by atoms with Gasteiger partial charge in [0.05, 0.1) is 22.5 Å². The van der Waals surface area contributed by atoms with E-state index in [4.69, 9.17) is 5.11 Å². The predicted molar refractivity (Wildman–Crippen MR) is 78.8 cm³/mol. The largest absolute Gasteiger partial charge is 0.478 e. The van der Waals surface area contributed by atoms with Gasteiger partial charge in [0.2, 0.25) is 0 Å². The number of aryl methyl sites for hydroxylation is 1. The normalized spacial score (nSPS) is 11.3. The molecule has 2 N–H and O–H groups in total. The van der Waals surface area contributed by atoms with Crippen molar-refractivity contribution in [2.75, 3.05) is 4.72 Å². The Hall–Kier alpha value is -1.45. The molecule has 9 heteroatoms. The maximum atomic E-state index is 12.1. The fourth-order valence-electron chi connectivity index (χ4n) is 1.44. The van der Waals surface area contributed by atoms with Gasteiger partial charge < -0.3 is 5.11 Å². The van der Waals surface area contributed by atoms with Crippen molar-refractivity contribution in [3.8, 4) is 0 Å². The van der Waals surface area contributed by atoms with Crippen molar-refractivity contribution in [3.63, 3.8) is 0 Å². The standard InChI is InChI=1S/C11H9BrN2O4S2/c1-6-13-5-10(19-6)20(17,18)14-9-3-2-7(12)4-8(9)11(15)16/h2-5,14H,1H3,(H,15,16). The summed E-state index contributed by atoms with van der Waals surface area (Å²) in [5.41, 5.74) is -0.129. The lowest BCUT2D eigenvalue weighted by molar-refractivity contribution is 0.0698. The van der Waals surface area contributed by atoms with Crippen molar-refractivity contribution in [1.29, 1.82) is 0 Å². The van der Waals surface area contributed by atoms with Crippen molar-refractivity contribution in [3.05, 3.63) is 39.4 Å². The van der Waals surface area contributed by atoms with Crippen LogP contribution in [0.2, 0.25) is 0 Å². The van der Waals surface area contributed by atoms with E-state index in [0.717, 1.165) is 11.3 Å². The van der Waals surface area contributed by atoms with Crippen molar-refractivity contribution >= 4 is 48.9 Å². The molecule has 1 aromatic heterocycles. The Balaban J connectivity index is 2.42. The molecule has 0 unspecified atom stereocenters. The van der Waals surface area contributed by atoms with Crippen molar-refractivity contribution in [2.24, 2.45) is 0 Å². The number of halogens is 1. The van der Waals surface area contributed by atoms with Gasteiger partial charge in [0.25, 0.3) is 10.0 Å². The summed E-state index contributed by atoms with van der Waals surface area (Å²) in [6.45, 7) is 1.69. The van der Waals surface area contributed by atoms with Gasteiger partial charge in [-0.3, -0.25) is 4.72 Å². The Kier molecular flexibility index (Phi) is 4.11. The zero-order chi connectivity index (χ0) is 14.9. The van der Waals surface area contributed by atoms with E-state index in [1.165, 1.54) is 18.3 Å². The van der Waals surface area contributed by atoms with E-state index in [2.05, 4.69) is 25.6 Å². The first-order valence-electron chi connectivity index (χ1n) is 5.28. The third-order valence-corrected chi connectivity index (χ3v) is 5.55. The molecule has 1 heterocycles. The molecule has 0 saturated heterocycles. The number of aromatic carboxylic acids is 1. The zero-order valence-corrected chi connectivity index (χ0v) is 13.3. The van der Waals surface area contributed by atoms with Crippen LogP contribution >= 0.6 is 27.3 Å². The van der Waals surface area contributed by atoms with Gasteiger partial charge in [0.15, 0.2) is 4.21 Å². The molecule has 1 aromatic carbocycles. The molecule has 0 radical (unpaired) electrons. The third kappa shape index (κ3) is 3.17. The summed E-state index contributed by atoms with van der Waals surface area (Å²) < 4.78 is 27.1. The molecule has 0 saturated carbocycles. The number of rotatable bonds is 4. The number of aromatic nitrogens is 1. The van der Waals surface area contributed by atoms with Crippen LogP contribution in [0.15, 0.2) is 33.1 Å². The van der Waals surface area contributed by atoms with E-state index in [1.54, 1.807) is 13.0 Å². The number of sulfonamides is 1. The molecule has 0 spiro atoms. The Bertz CT molecular complexity index is 770. The van der Waals surface area contributed by atoms with Gasteiger partial charge in [-0.25, -0.2) is 18.2 Å². The number of carboxylic acid groups (broad SMARTS) is 1. The van der Waals surface area contributed by atoms with E-state index in [1.807, 2.05) is 0 Å². The SMILES string of the molecule is Cc1ncc(S(=O)(=O)Nc2ccc(Br)cc2C(=O)O)s1. The molecule has 6 nitrogen and oxygen atoms in total. The Labute approximate surface area is 127 Å². The van der Waals surface area contributed by atoms with E-state index in [9.17, 15) is 13.2 Å². The van der Waals surface area contributed by atoms with Crippen molar-refractivity contribution in [2.45, 2.75) is 11.1 Å². The molecule has 0 bridgehead atoms. The van der Waals surface area contributed by atoms with Crippen LogP contribution in [0, 0.1) is 6.92 Å². The molecular formula is C11H9BrN2O4S2. The zero-order valence-electron chi connectivity index (χ0n) is 10.1. The van der Waals surface area contributed by atoms with E-state index < -0.39 is 16.0 Å². The van der Waals surface area contributed by atoms with Crippen LogP contribution in [0.1, 0.15) is 15.4 Å². The smallest absolute Gasteiger partial charge is 0.337 e. The number of thiazole rings is 1. The molecular weight excluding hydrogens is 368 g/mol. The summed E-state index contributed by atoms with van der Waals surface area (Å²) in [6, 6.07) is 4.28. The quantitative estimate of drug-likeness (QED) is 0.854. The second kappa shape index (κ2) is 5.51. The van der Waals surface area contributed by atoms with Gasteiger partial charge >= 0.3 is 5.97 Å². The number of hydrogen-bond donors (Lipinski definition) is 2. The van der Waals surface area contributed by atoms with Gasteiger partial charge in [-0.1, -0.05) is 15.9 Å². The van der Waals surface area contributed by atoms with E-state index in [0.29, 0.717) is 9.48 Å². The van der Waals surface area contributed by atoms with Gasteiger partial charge in [-0.2, -0.15) is 0 Å². The second-order valence-electron chi connectivity index (χ2n) is 3.80. The van der Waals surface area contributed by atoms with E-state index >= 15 is 0 Å². The number of benzene rings is 1. The summed E-state index contributed by atoms with van der Waals surface area (Å²) >= 11 is 4.16. The van der Waals surface area contributed by atoms with Crippen LogP contribution in [-0.2, 0) is 10.0 Å². The minimum absolute atomic E-state index is 0.00625. The fourth-order valence-corrected chi connectivity index (χ4v) is 3.99. The molecule has 0 amide bonds. The Morgan fingerprint density at radius 3 is 2.70 bits per heavy atom. The summed E-state index contributed by atoms with van der Waals surface area (Å²) in [6.07, 6.45) is 1.24. The molecule has 2 aromatic rings. The molecule has 0 fully saturated rings. The second-order valence-corrected chi connectivity index (χ2v) is 7.86. The average molecular weight is 377 g/mol. The highest BCUT2D eigenvalue weighted by molar-refractivity contribution is 9.10. The number of nitrogens with one attached hydrogen (secondary N) is 1. The summed E-state index contributed by atoms with van der Waals surface area (Å²) in [7, 11) is -3.83. The van der Waals surface area contributed by atoms with Crippen LogP contribution in [0.5, 0.6) is 0 Å². The monoisotopic (exact) mass is 376 g/mol. The van der Waals surface area contributed by atoms with Gasteiger partial charge in [0.1, 0.15) is 0 Å². The van der Waals surface area contributed by atoms with Gasteiger partial charge in [-0.15, -0.1) is 11.3 Å². The minimum Gasteiger partial charge on any atom is -0.478 e. The fraction of sp³-hybridized carbons (Fsp3) is 0.0909. The number of carboxylic acids is 1. The number of anilines is 1. The summed E-state index contributed by atoms with van der Waals surface area (Å²) in [5.74, 6) is -1.22. The first-order valence-corrected chi connectivity index (χ1v) is 8.37. The lowest BCUT2D eigenvalue weighted by atomic mass is 10.2. The van der Waals surface area contributed by atoms with Crippen LogP contribution in [-0.4, -0.2) is 24.5 Å². The molecule has 0 aliphatic rings. The highest BCUT2D eigenvalue weighted by Crippen LogP contribution is 2.26. The van der Waals surface area contributed by atoms with E-state index in [-0.39, 0.29) is 15.5 Å². The minimum atomic E-state index is -3.83. The van der Waals surface area contributed by atoms with Crippen molar-refractivity contribution in [1.82, 2.24) is 4.98 Å². The molecule has 0 aliphatic heterocycles. The van der Waals surface area contributed by atoms with Crippen LogP contribution in [0.25, 0.3) is 0 Å². The third-order valence-electron chi connectivity index (χ3n) is 2.32. The molecule has 0 atom stereocenters. The maximum absolute atomic E-state index is 12.1. The molecule has 2 rings (SSSR count). The first-order chi connectivity index (χ1) is 9.29. The summed E-state index contributed by atoms with van der Waals surface area (Å²) in [5, 5.41) is 9.71. The van der Waals surface area contributed by atoms with Crippen LogP contribution in [0.4, 0.5) is 5.69 Å². The highest BCUT2D eigenvalue weighted by atomic mass is 79.9. The lowest BCUT2D eigenvalue weighted by Crippen LogP contribution is -2.14. The number of carbonyl (C=O) groups is 1. The maximum Gasteiger partial charge on any atom is 0.337 e. The van der Waals surface area contributed by atoms with Crippen LogP contribution < -0.4 is 4.72 Å². The summed E-state index contributed by atoms with van der Waals surface area (Å²) in [4.78, 5) is 15.0. The first kappa shape index (κ1) is 14.9. The average Bonchev–Trinajstić information content (AvgIpc) is 2.78. The molecule has 0 aliphatic carbocycles. The van der Waals surface area contributed by atoms with Crippen molar-refractivity contribution < 1.29 is 18.3 Å². The van der Waals surface area contributed by atoms with Crippen LogP contribution in [0.3, 0.4) is 0 Å². The van der Waals surface area contributed by atoms with Gasteiger partial charge in [-0.05, 0) is 25.1 Å². The Morgan fingerprint density at radius 2 is 2.15 bits per heavy atom. The number of nitrogens with zero attached hydrogens (tertiary/aromatic N) is 1. The van der Waals surface area contributed by atoms with Gasteiger partial charge in [0, 0.05) is 4.47 Å². The topological polar surface area (TPSA) is 96.4 Å². The predicted octanol–water partition coefficient (Wildman–Crippen LogP) is 2.71. The lowest BCUT2D eigenvalue weighted by Gasteiger charge is -2.09. The number of hydrogen-bond acceptors (Lipinski definition) is 5. The Morgan fingerprint density at radius 1 is 1.45 bits per heavy atom.